The summed E-state index contributed by atoms with van der Waals surface area (Å²) in [5.74, 6) is 1.09. The Kier molecular flexibility index (Phi) is 1.97. The van der Waals surface area contributed by atoms with E-state index >= 15 is 0 Å². The first kappa shape index (κ1) is 10.3. The van der Waals surface area contributed by atoms with E-state index in [0.29, 0.717) is 11.7 Å². The van der Waals surface area contributed by atoms with Crippen LogP contribution in [0.25, 0.3) is 10.8 Å². The third-order valence-electron chi connectivity index (χ3n) is 5.01. The van der Waals surface area contributed by atoms with Crippen molar-refractivity contribution < 1.29 is 4.79 Å². The topological polar surface area (TPSA) is 17.1 Å². The van der Waals surface area contributed by atoms with Gasteiger partial charge >= 0.3 is 0 Å². The molecule has 18 heavy (non-hydrogen) atoms. The van der Waals surface area contributed by atoms with Crippen molar-refractivity contribution in [3.8, 4) is 0 Å². The maximum atomic E-state index is 12.2. The Hall–Kier alpha value is -1.63. The van der Waals surface area contributed by atoms with E-state index in [4.69, 9.17) is 0 Å². The van der Waals surface area contributed by atoms with Gasteiger partial charge in [0.2, 0.25) is 0 Å². The number of ketones is 1. The van der Waals surface area contributed by atoms with Crippen LogP contribution in [0.3, 0.4) is 0 Å². The van der Waals surface area contributed by atoms with Gasteiger partial charge in [0.25, 0.3) is 0 Å². The number of fused-ring (bicyclic) bond motifs is 2. The van der Waals surface area contributed by atoms with Crippen molar-refractivity contribution in [3.63, 3.8) is 0 Å². The first-order chi connectivity index (χ1) is 8.80. The van der Waals surface area contributed by atoms with Gasteiger partial charge in [-0.1, -0.05) is 48.9 Å². The van der Waals surface area contributed by atoms with Gasteiger partial charge in [-0.05, 0) is 35.1 Å². The van der Waals surface area contributed by atoms with Crippen molar-refractivity contribution in [1.82, 2.24) is 0 Å². The van der Waals surface area contributed by atoms with E-state index < -0.39 is 0 Å². The fourth-order valence-corrected chi connectivity index (χ4v) is 4.00. The van der Waals surface area contributed by atoms with E-state index in [1.165, 1.54) is 29.2 Å². The third-order valence-corrected chi connectivity index (χ3v) is 5.01. The maximum Gasteiger partial charge on any atom is 0.144 e. The van der Waals surface area contributed by atoms with Crippen LogP contribution in [0.2, 0.25) is 0 Å². The molecule has 0 aliphatic heterocycles. The third kappa shape index (κ3) is 1.14. The van der Waals surface area contributed by atoms with Gasteiger partial charge in [0.05, 0.1) is 5.41 Å². The largest absolute Gasteiger partial charge is 0.299 e. The van der Waals surface area contributed by atoms with Gasteiger partial charge in [-0.2, -0.15) is 0 Å². The van der Waals surface area contributed by atoms with E-state index in [1.54, 1.807) is 0 Å². The minimum absolute atomic E-state index is 0.107. The van der Waals surface area contributed by atoms with Gasteiger partial charge < -0.3 is 0 Å². The van der Waals surface area contributed by atoms with E-state index in [9.17, 15) is 4.79 Å². The lowest BCUT2D eigenvalue weighted by molar-refractivity contribution is -0.135. The predicted molar refractivity (Wildman–Crippen MR) is 72.6 cm³/mol. The Morgan fingerprint density at radius 3 is 2.67 bits per heavy atom. The quantitative estimate of drug-likeness (QED) is 0.735. The molecule has 0 spiro atoms. The second-order valence-electron chi connectivity index (χ2n) is 5.75. The summed E-state index contributed by atoms with van der Waals surface area (Å²) in [6, 6.07) is 15.0. The number of carbonyl (C=O) groups is 1. The molecule has 0 saturated heterocycles. The fourth-order valence-electron chi connectivity index (χ4n) is 4.00. The zero-order valence-corrected chi connectivity index (χ0v) is 10.4. The highest BCUT2D eigenvalue weighted by Crippen LogP contribution is 2.56. The molecule has 2 atom stereocenters. The second kappa shape index (κ2) is 3.44. The summed E-state index contributed by atoms with van der Waals surface area (Å²) in [5.41, 5.74) is 1.16. The standard InChI is InChI=1S/C17H16O/c18-16-11-14-6-3-9-17(14,16)15-8-7-12-4-1-2-5-13(12)10-15/h1-2,4-5,7-8,10,14H,3,6,9,11H2/t14-,17-/m0/s1. The van der Waals surface area contributed by atoms with Crippen LogP contribution in [0, 0.1) is 5.92 Å². The van der Waals surface area contributed by atoms with Gasteiger partial charge in [-0.15, -0.1) is 0 Å². The minimum atomic E-state index is -0.107. The molecule has 2 saturated carbocycles. The highest BCUT2D eigenvalue weighted by Gasteiger charge is 2.57. The summed E-state index contributed by atoms with van der Waals surface area (Å²) in [5, 5.41) is 2.52. The van der Waals surface area contributed by atoms with Crippen LogP contribution < -0.4 is 0 Å². The summed E-state index contributed by atoms with van der Waals surface area (Å²) in [4.78, 5) is 12.2. The molecule has 2 aliphatic carbocycles. The van der Waals surface area contributed by atoms with Gasteiger partial charge in [-0.25, -0.2) is 0 Å². The molecule has 1 heteroatoms. The summed E-state index contributed by atoms with van der Waals surface area (Å²) >= 11 is 0. The summed E-state index contributed by atoms with van der Waals surface area (Å²) < 4.78 is 0. The highest BCUT2D eigenvalue weighted by molar-refractivity contribution is 5.98. The van der Waals surface area contributed by atoms with E-state index in [-0.39, 0.29) is 5.41 Å². The highest BCUT2D eigenvalue weighted by atomic mass is 16.1. The average Bonchev–Trinajstić information content (AvgIpc) is 2.75. The van der Waals surface area contributed by atoms with Crippen LogP contribution in [0.15, 0.2) is 42.5 Å². The summed E-state index contributed by atoms with van der Waals surface area (Å²) in [7, 11) is 0. The second-order valence-corrected chi connectivity index (χ2v) is 5.75. The molecular weight excluding hydrogens is 220 g/mol. The zero-order valence-electron chi connectivity index (χ0n) is 10.4. The number of rotatable bonds is 1. The molecule has 0 bridgehead atoms. The molecule has 0 radical (unpaired) electrons. The Balaban J connectivity index is 1.90. The lowest BCUT2D eigenvalue weighted by Gasteiger charge is -2.43. The molecule has 0 aromatic heterocycles. The molecule has 0 heterocycles. The Morgan fingerprint density at radius 2 is 1.89 bits per heavy atom. The average molecular weight is 236 g/mol. The van der Waals surface area contributed by atoms with Crippen molar-refractivity contribution in [3.05, 3.63) is 48.0 Å². The number of hydrogen-bond acceptors (Lipinski definition) is 1. The smallest absolute Gasteiger partial charge is 0.144 e. The van der Waals surface area contributed by atoms with Crippen molar-refractivity contribution in [2.45, 2.75) is 31.1 Å². The van der Waals surface area contributed by atoms with Gasteiger partial charge in [0.15, 0.2) is 0 Å². The van der Waals surface area contributed by atoms with Gasteiger partial charge in [0, 0.05) is 6.42 Å². The maximum absolute atomic E-state index is 12.2. The first-order valence-corrected chi connectivity index (χ1v) is 6.83. The number of hydrogen-bond donors (Lipinski definition) is 0. The molecular formula is C17H16O. The van der Waals surface area contributed by atoms with Crippen LogP contribution in [-0.4, -0.2) is 5.78 Å². The summed E-state index contributed by atoms with van der Waals surface area (Å²) in [6.07, 6.45) is 4.32. The number of carbonyl (C=O) groups excluding carboxylic acids is 1. The Labute approximate surface area is 107 Å². The van der Waals surface area contributed by atoms with E-state index in [1.807, 2.05) is 0 Å². The molecule has 4 rings (SSSR count). The molecule has 2 aromatic carbocycles. The van der Waals surface area contributed by atoms with Gasteiger partial charge in [0.1, 0.15) is 5.78 Å². The van der Waals surface area contributed by atoms with E-state index in [0.717, 1.165) is 12.8 Å². The van der Waals surface area contributed by atoms with Crippen LogP contribution in [0.5, 0.6) is 0 Å². The summed E-state index contributed by atoms with van der Waals surface area (Å²) in [6.45, 7) is 0. The lowest BCUT2D eigenvalue weighted by Crippen LogP contribution is -2.50. The monoisotopic (exact) mass is 236 g/mol. The fraction of sp³-hybridized carbons (Fsp3) is 0.353. The Bertz CT molecular complexity index is 643. The van der Waals surface area contributed by atoms with Crippen LogP contribution in [0.4, 0.5) is 0 Å². The molecule has 0 amide bonds. The van der Waals surface area contributed by atoms with Crippen molar-refractivity contribution >= 4 is 16.6 Å². The molecule has 1 nitrogen and oxygen atoms in total. The molecule has 0 N–H and O–H groups in total. The van der Waals surface area contributed by atoms with Crippen molar-refractivity contribution in [2.75, 3.05) is 0 Å². The van der Waals surface area contributed by atoms with Crippen LogP contribution >= 0.6 is 0 Å². The molecule has 0 unspecified atom stereocenters. The van der Waals surface area contributed by atoms with Crippen LogP contribution in [0.1, 0.15) is 31.2 Å². The van der Waals surface area contributed by atoms with E-state index in [2.05, 4.69) is 42.5 Å². The molecule has 2 aliphatic rings. The van der Waals surface area contributed by atoms with Crippen molar-refractivity contribution in [1.29, 1.82) is 0 Å². The van der Waals surface area contributed by atoms with Gasteiger partial charge in [-0.3, -0.25) is 4.79 Å². The first-order valence-electron chi connectivity index (χ1n) is 6.83. The predicted octanol–water partition coefficient (Wildman–Crippen LogP) is 3.85. The zero-order chi connectivity index (χ0) is 12.2. The number of Topliss-reactive ketones (excluding diaryl/α,β-unsaturated/α-hetero) is 1. The SMILES string of the molecule is O=C1C[C@@H]2CCC[C@]12c1ccc2ccccc2c1. The lowest BCUT2D eigenvalue weighted by atomic mass is 9.57. The Morgan fingerprint density at radius 1 is 1.06 bits per heavy atom. The molecule has 90 valence electrons. The molecule has 2 fully saturated rings. The number of benzene rings is 2. The normalized spacial score (nSPS) is 30.2. The minimum Gasteiger partial charge on any atom is -0.299 e. The van der Waals surface area contributed by atoms with Crippen molar-refractivity contribution in [2.24, 2.45) is 5.92 Å². The van der Waals surface area contributed by atoms with Crippen LogP contribution in [-0.2, 0) is 10.2 Å². The molecule has 2 aromatic rings.